The van der Waals surface area contributed by atoms with Crippen molar-refractivity contribution in [2.24, 2.45) is 0 Å². The summed E-state index contributed by atoms with van der Waals surface area (Å²) in [5, 5.41) is 3.77. The molecule has 0 atom stereocenters. The second kappa shape index (κ2) is 9.68. The minimum Gasteiger partial charge on any atom is -0.464 e. The average molecular weight is 491 g/mol. The number of anilines is 1. The molecule has 1 amide bonds. The average Bonchev–Trinajstić information content (AvgIpc) is 3.21. The van der Waals surface area contributed by atoms with E-state index in [1.54, 1.807) is 25.4 Å². The third kappa shape index (κ3) is 5.63. The van der Waals surface area contributed by atoms with Crippen LogP contribution in [0.3, 0.4) is 0 Å². The number of furan rings is 1. The van der Waals surface area contributed by atoms with Crippen LogP contribution in [0, 0.1) is 0 Å². The van der Waals surface area contributed by atoms with E-state index in [0.29, 0.717) is 5.69 Å². The van der Waals surface area contributed by atoms with E-state index in [-0.39, 0.29) is 29.2 Å². The first kappa shape index (κ1) is 24.7. The summed E-state index contributed by atoms with van der Waals surface area (Å²) in [6.45, 7) is 6.70. The van der Waals surface area contributed by atoms with Crippen LogP contribution in [0.4, 0.5) is 5.69 Å². The van der Waals surface area contributed by atoms with E-state index in [1.165, 1.54) is 22.0 Å². The molecule has 182 valence electrons. The lowest BCUT2D eigenvalue weighted by Crippen LogP contribution is -2.26. The normalized spacial score (nSPS) is 12.3. The molecule has 4 aromatic rings. The van der Waals surface area contributed by atoms with Gasteiger partial charge in [-0.25, -0.2) is 8.42 Å². The third-order valence-electron chi connectivity index (χ3n) is 5.97. The smallest absolute Gasteiger partial charge is 0.243 e. The first-order valence-electron chi connectivity index (χ1n) is 11.4. The fraction of sp³-hybridized carbons (Fsp3) is 0.250. The summed E-state index contributed by atoms with van der Waals surface area (Å²) in [6, 6.07) is 21.7. The molecule has 6 nitrogen and oxygen atoms in total. The molecule has 3 aromatic carbocycles. The number of benzene rings is 3. The first-order chi connectivity index (χ1) is 16.5. The lowest BCUT2D eigenvalue weighted by atomic mass is 9.86. The quantitative estimate of drug-likeness (QED) is 0.359. The van der Waals surface area contributed by atoms with Crippen LogP contribution < -0.4 is 5.32 Å². The Bertz CT molecular complexity index is 1430. The number of nitrogens with one attached hydrogen (secondary N) is 1. The number of nitrogens with zero attached hydrogens (tertiary/aromatic N) is 1. The van der Waals surface area contributed by atoms with Gasteiger partial charge in [0.15, 0.2) is 0 Å². The molecule has 1 N–H and O–H groups in total. The van der Waals surface area contributed by atoms with E-state index in [4.69, 9.17) is 4.42 Å². The van der Waals surface area contributed by atoms with Gasteiger partial charge in [-0.2, -0.15) is 4.31 Å². The SMILES string of the molecule is CN(Cc1ccccc1)S(=O)(=O)c1ccc(NC(=O)Cc2coc3ccc(C(C)(C)C)cc23)cc1. The van der Waals surface area contributed by atoms with Crippen LogP contribution in [0.5, 0.6) is 0 Å². The summed E-state index contributed by atoms with van der Waals surface area (Å²) in [5.74, 6) is -0.203. The van der Waals surface area contributed by atoms with Gasteiger partial charge in [-0.15, -0.1) is 0 Å². The van der Waals surface area contributed by atoms with Gasteiger partial charge in [0.2, 0.25) is 15.9 Å². The Balaban J connectivity index is 1.44. The number of carbonyl (C=O) groups is 1. The molecule has 7 heteroatoms. The predicted molar refractivity (Wildman–Crippen MR) is 139 cm³/mol. The molecule has 0 unspecified atom stereocenters. The van der Waals surface area contributed by atoms with Gasteiger partial charge in [-0.05, 0) is 52.9 Å². The highest BCUT2D eigenvalue weighted by Crippen LogP contribution is 2.29. The van der Waals surface area contributed by atoms with E-state index in [2.05, 4.69) is 32.2 Å². The molecule has 4 rings (SSSR count). The van der Waals surface area contributed by atoms with Crippen LogP contribution in [0.15, 0.2) is 88.4 Å². The monoisotopic (exact) mass is 490 g/mol. The molecule has 0 aliphatic heterocycles. The molecular formula is C28H30N2O4S. The molecule has 0 spiro atoms. The van der Waals surface area contributed by atoms with Crippen molar-refractivity contribution in [3.05, 3.63) is 95.7 Å². The number of amides is 1. The van der Waals surface area contributed by atoms with Crippen LogP contribution in [-0.4, -0.2) is 25.7 Å². The van der Waals surface area contributed by atoms with Crippen molar-refractivity contribution in [1.29, 1.82) is 0 Å². The largest absolute Gasteiger partial charge is 0.464 e. The van der Waals surface area contributed by atoms with Gasteiger partial charge in [0.05, 0.1) is 17.6 Å². The molecular weight excluding hydrogens is 460 g/mol. The third-order valence-corrected chi connectivity index (χ3v) is 7.78. The van der Waals surface area contributed by atoms with Crippen LogP contribution in [-0.2, 0) is 33.2 Å². The molecule has 0 saturated heterocycles. The van der Waals surface area contributed by atoms with Crippen LogP contribution in [0.1, 0.15) is 37.5 Å². The highest BCUT2D eigenvalue weighted by molar-refractivity contribution is 7.89. The summed E-state index contributed by atoms with van der Waals surface area (Å²) in [4.78, 5) is 12.9. The van der Waals surface area contributed by atoms with E-state index in [0.717, 1.165) is 22.1 Å². The van der Waals surface area contributed by atoms with Crippen molar-refractivity contribution in [2.45, 2.75) is 44.0 Å². The summed E-state index contributed by atoms with van der Waals surface area (Å²) >= 11 is 0. The molecule has 0 radical (unpaired) electrons. The standard InChI is InChI=1S/C28H30N2O4S/c1-28(2,3)22-10-15-26-25(17-22)21(19-34-26)16-27(31)29-23-11-13-24(14-12-23)35(32,33)30(4)18-20-8-6-5-7-9-20/h5-15,17,19H,16,18H2,1-4H3,(H,29,31). The maximum absolute atomic E-state index is 12.9. The highest BCUT2D eigenvalue weighted by Gasteiger charge is 2.21. The number of sulfonamides is 1. The Morgan fingerprint density at radius 3 is 2.31 bits per heavy atom. The topological polar surface area (TPSA) is 79.6 Å². The highest BCUT2D eigenvalue weighted by atomic mass is 32.2. The molecule has 1 aromatic heterocycles. The molecule has 0 aliphatic carbocycles. The van der Waals surface area contributed by atoms with Crippen molar-refractivity contribution < 1.29 is 17.6 Å². The van der Waals surface area contributed by atoms with Gasteiger partial charge < -0.3 is 9.73 Å². The van der Waals surface area contributed by atoms with E-state index < -0.39 is 10.0 Å². The first-order valence-corrected chi connectivity index (χ1v) is 12.9. The number of hydrogen-bond acceptors (Lipinski definition) is 4. The zero-order valence-electron chi connectivity index (χ0n) is 20.4. The van der Waals surface area contributed by atoms with Crippen molar-refractivity contribution in [3.63, 3.8) is 0 Å². The Hall–Kier alpha value is -3.42. The number of rotatable bonds is 7. The fourth-order valence-electron chi connectivity index (χ4n) is 3.88. The molecule has 0 bridgehead atoms. The lowest BCUT2D eigenvalue weighted by molar-refractivity contribution is -0.115. The van der Waals surface area contributed by atoms with Crippen molar-refractivity contribution in [3.8, 4) is 0 Å². The summed E-state index contributed by atoms with van der Waals surface area (Å²) in [6.07, 6.45) is 1.77. The van der Waals surface area contributed by atoms with Crippen LogP contribution in [0.2, 0.25) is 0 Å². The molecule has 0 aliphatic rings. The zero-order chi connectivity index (χ0) is 25.2. The van der Waals surface area contributed by atoms with Crippen LogP contribution >= 0.6 is 0 Å². The Morgan fingerprint density at radius 1 is 0.971 bits per heavy atom. The fourth-order valence-corrected chi connectivity index (χ4v) is 5.04. The van der Waals surface area contributed by atoms with E-state index in [9.17, 15) is 13.2 Å². The summed E-state index contributed by atoms with van der Waals surface area (Å²) < 4.78 is 32.8. The molecule has 0 saturated carbocycles. The van der Waals surface area contributed by atoms with Gasteiger partial charge in [0.25, 0.3) is 0 Å². The number of carbonyl (C=O) groups excluding carboxylic acids is 1. The predicted octanol–water partition coefficient (Wildman–Crippen LogP) is 5.73. The number of hydrogen-bond donors (Lipinski definition) is 1. The van der Waals surface area contributed by atoms with Gasteiger partial charge in [-0.3, -0.25) is 4.79 Å². The summed E-state index contributed by atoms with van der Waals surface area (Å²) in [5.41, 5.74) is 4.15. The second-order valence-electron chi connectivity index (χ2n) is 9.72. The number of fused-ring (bicyclic) bond motifs is 1. The van der Waals surface area contributed by atoms with Gasteiger partial charge >= 0.3 is 0 Å². The minimum atomic E-state index is -3.66. The zero-order valence-corrected chi connectivity index (χ0v) is 21.2. The van der Waals surface area contributed by atoms with Gasteiger partial charge in [-0.1, -0.05) is 57.2 Å². The Kier molecular flexibility index (Phi) is 6.83. The maximum atomic E-state index is 12.9. The maximum Gasteiger partial charge on any atom is 0.243 e. The van der Waals surface area contributed by atoms with Crippen molar-refractivity contribution in [2.75, 3.05) is 12.4 Å². The van der Waals surface area contributed by atoms with Crippen molar-refractivity contribution in [1.82, 2.24) is 4.31 Å². The lowest BCUT2D eigenvalue weighted by Gasteiger charge is -2.18. The summed E-state index contributed by atoms with van der Waals surface area (Å²) in [7, 11) is -2.10. The Labute approximate surface area is 206 Å². The minimum absolute atomic E-state index is 0.0117. The Morgan fingerprint density at radius 2 is 1.66 bits per heavy atom. The molecule has 35 heavy (non-hydrogen) atoms. The second-order valence-corrected chi connectivity index (χ2v) is 11.8. The van der Waals surface area contributed by atoms with E-state index in [1.807, 2.05) is 42.5 Å². The van der Waals surface area contributed by atoms with Crippen molar-refractivity contribution >= 4 is 32.6 Å². The van der Waals surface area contributed by atoms with Gasteiger partial charge in [0.1, 0.15) is 5.58 Å². The van der Waals surface area contributed by atoms with Gasteiger partial charge in [0, 0.05) is 30.2 Å². The van der Waals surface area contributed by atoms with Crippen LogP contribution in [0.25, 0.3) is 11.0 Å². The van der Waals surface area contributed by atoms with E-state index >= 15 is 0 Å². The molecule has 1 heterocycles. The molecule has 0 fully saturated rings.